The molecule has 0 heterocycles. The predicted molar refractivity (Wildman–Crippen MR) is 60.3 cm³/mol. The van der Waals surface area contributed by atoms with Gasteiger partial charge in [0.2, 0.25) is 0 Å². The Kier molecular flexibility index (Phi) is 4.56. The summed E-state index contributed by atoms with van der Waals surface area (Å²) in [5, 5.41) is 22.0. The fourth-order valence-corrected chi connectivity index (χ4v) is 2.40. The minimum atomic E-state index is -0.176. The molecule has 3 heteroatoms. The molecule has 1 fully saturated rings. The smallest absolute Gasteiger partial charge is 0.0672 e. The van der Waals surface area contributed by atoms with E-state index >= 15 is 0 Å². The van der Waals surface area contributed by atoms with E-state index < -0.39 is 0 Å². The minimum Gasteiger partial charge on any atom is -0.394 e. The fourth-order valence-electron chi connectivity index (χ4n) is 2.40. The van der Waals surface area contributed by atoms with E-state index in [1.54, 1.807) is 0 Å². The van der Waals surface area contributed by atoms with Crippen molar-refractivity contribution in [2.75, 3.05) is 6.61 Å². The van der Waals surface area contributed by atoms with Crippen LogP contribution in [-0.2, 0) is 0 Å². The number of hydrogen-bond donors (Lipinski definition) is 2. The van der Waals surface area contributed by atoms with Crippen LogP contribution in [-0.4, -0.2) is 23.3 Å². The van der Waals surface area contributed by atoms with Crippen molar-refractivity contribution >= 4 is 0 Å². The lowest BCUT2D eigenvalue weighted by atomic mass is 9.91. The first-order valence-electron chi connectivity index (χ1n) is 5.99. The first kappa shape index (κ1) is 12.5. The van der Waals surface area contributed by atoms with Crippen molar-refractivity contribution < 1.29 is 5.11 Å². The second kappa shape index (κ2) is 5.48. The quantitative estimate of drug-likeness (QED) is 0.727. The lowest BCUT2D eigenvalue weighted by molar-refractivity contribution is 0.133. The van der Waals surface area contributed by atoms with Crippen molar-refractivity contribution in [2.24, 2.45) is 5.92 Å². The van der Waals surface area contributed by atoms with Gasteiger partial charge < -0.3 is 10.4 Å². The number of nitrogens with zero attached hydrogens (tertiary/aromatic N) is 1. The highest BCUT2D eigenvalue weighted by atomic mass is 16.3. The summed E-state index contributed by atoms with van der Waals surface area (Å²) in [5.74, 6) is 0.133. The zero-order chi connectivity index (χ0) is 11.3. The fraction of sp³-hybridized carbons (Fsp3) is 0.917. The molecule has 1 rings (SSSR count). The summed E-state index contributed by atoms with van der Waals surface area (Å²) in [6, 6.07) is 2.64. The maximum atomic E-state index is 9.45. The summed E-state index contributed by atoms with van der Waals surface area (Å²) in [6.45, 7) is 4.33. The number of hydrogen-bond acceptors (Lipinski definition) is 3. The van der Waals surface area contributed by atoms with Gasteiger partial charge in [-0.1, -0.05) is 20.3 Å². The van der Waals surface area contributed by atoms with E-state index in [0.29, 0.717) is 0 Å². The van der Waals surface area contributed by atoms with Gasteiger partial charge in [0, 0.05) is 11.6 Å². The van der Waals surface area contributed by atoms with Crippen LogP contribution in [0.5, 0.6) is 0 Å². The van der Waals surface area contributed by atoms with Gasteiger partial charge in [-0.15, -0.1) is 0 Å². The molecule has 2 atom stereocenters. The molecule has 0 aliphatic heterocycles. The Hall–Kier alpha value is -0.590. The van der Waals surface area contributed by atoms with Crippen LogP contribution in [0.2, 0.25) is 0 Å². The Balaban J connectivity index is 2.62. The summed E-state index contributed by atoms with van der Waals surface area (Å²) in [5.41, 5.74) is -0.176. The molecule has 0 saturated heterocycles. The third-order valence-electron chi connectivity index (χ3n) is 3.83. The number of aliphatic hydroxyl groups excluding tert-OH is 1. The average molecular weight is 210 g/mol. The monoisotopic (exact) mass is 210 g/mol. The van der Waals surface area contributed by atoms with E-state index in [2.05, 4.69) is 25.2 Å². The topological polar surface area (TPSA) is 56.0 Å². The second-order valence-electron chi connectivity index (χ2n) is 4.56. The average Bonchev–Trinajstić information content (AvgIpc) is 2.73. The summed E-state index contributed by atoms with van der Waals surface area (Å²) in [7, 11) is 0. The number of nitrogens with one attached hydrogen (secondary N) is 1. The maximum absolute atomic E-state index is 9.45. The Morgan fingerprint density at radius 3 is 2.53 bits per heavy atom. The standard InChI is InChI=1S/C12H22N2O/c1-3-12(4-2,9-15)14-11-7-5-6-10(11)8-13/h10-11,14-15H,3-7,9H2,1-2H3. The SMILES string of the molecule is CCC(CC)(CO)NC1CCCC1C#N. The zero-order valence-corrected chi connectivity index (χ0v) is 9.79. The van der Waals surface area contributed by atoms with Crippen LogP contribution >= 0.6 is 0 Å². The molecule has 0 radical (unpaired) electrons. The van der Waals surface area contributed by atoms with Gasteiger partial charge in [0.15, 0.2) is 0 Å². The molecule has 0 bridgehead atoms. The van der Waals surface area contributed by atoms with Crippen molar-refractivity contribution in [3.05, 3.63) is 0 Å². The Morgan fingerprint density at radius 2 is 2.07 bits per heavy atom. The molecule has 1 saturated carbocycles. The number of nitriles is 1. The van der Waals surface area contributed by atoms with Gasteiger partial charge in [0.1, 0.15) is 0 Å². The van der Waals surface area contributed by atoms with Gasteiger partial charge in [0.05, 0.1) is 18.6 Å². The molecule has 1 aliphatic carbocycles. The van der Waals surface area contributed by atoms with Gasteiger partial charge in [-0.25, -0.2) is 0 Å². The van der Waals surface area contributed by atoms with Crippen molar-refractivity contribution in [2.45, 2.75) is 57.5 Å². The van der Waals surface area contributed by atoms with Crippen LogP contribution in [0, 0.1) is 17.2 Å². The van der Waals surface area contributed by atoms with Crippen LogP contribution < -0.4 is 5.32 Å². The molecular formula is C12H22N2O. The summed E-state index contributed by atoms with van der Waals surface area (Å²) >= 11 is 0. The summed E-state index contributed by atoms with van der Waals surface area (Å²) in [4.78, 5) is 0. The molecule has 0 amide bonds. The lowest BCUT2D eigenvalue weighted by Crippen LogP contribution is -2.53. The van der Waals surface area contributed by atoms with Crippen LogP contribution in [0.25, 0.3) is 0 Å². The normalized spacial score (nSPS) is 26.5. The first-order chi connectivity index (χ1) is 7.21. The lowest BCUT2D eigenvalue weighted by Gasteiger charge is -2.35. The van der Waals surface area contributed by atoms with Crippen LogP contribution in [0.4, 0.5) is 0 Å². The largest absolute Gasteiger partial charge is 0.394 e. The van der Waals surface area contributed by atoms with Crippen LogP contribution in [0.1, 0.15) is 46.0 Å². The predicted octanol–water partition coefficient (Wildman–Crippen LogP) is 1.82. The van der Waals surface area contributed by atoms with Gasteiger partial charge in [-0.2, -0.15) is 5.26 Å². The van der Waals surface area contributed by atoms with E-state index in [-0.39, 0.29) is 24.1 Å². The van der Waals surface area contributed by atoms with Crippen molar-refractivity contribution in [1.29, 1.82) is 5.26 Å². The first-order valence-corrected chi connectivity index (χ1v) is 5.99. The molecule has 0 aromatic carbocycles. The van der Waals surface area contributed by atoms with Crippen molar-refractivity contribution in [3.8, 4) is 6.07 Å². The number of rotatable bonds is 5. The molecular weight excluding hydrogens is 188 g/mol. The molecule has 0 aromatic rings. The van der Waals surface area contributed by atoms with Crippen molar-refractivity contribution in [1.82, 2.24) is 5.32 Å². The maximum Gasteiger partial charge on any atom is 0.0672 e. The van der Waals surface area contributed by atoms with Gasteiger partial charge in [0.25, 0.3) is 0 Å². The molecule has 3 nitrogen and oxygen atoms in total. The van der Waals surface area contributed by atoms with E-state index in [1.165, 1.54) is 0 Å². The Labute approximate surface area is 92.5 Å². The van der Waals surface area contributed by atoms with E-state index in [1.807, 2.05) is 0 Å². The van der Waals surface area contributed by atoms with Gasteiger partial charge >= 0.3 is 0 Å². The minimum absolute atomic E-state index is 0.133. The molecule has 15 heavy (non-hydrogen) atoms. The second-order valence-corrected chi connectivity index (χ2v) is 4.56. The van der Waals surface area contributed by atoms with Crippen LogP contribution in [0.3, 0.4) is 0 Å². The van der Waals surface area contributed by atoms with E-state index in [4.69, 9.17) is 5.26 Å². The molecule has 0 aromatic heterocycles. The highest BCUT2D eigenvalue weighted by Gasteiger charge is 2.34. The molecule has 2 N–H and O–H groups in total. The molecule has 0 spiro atoms. The van der Waals surface area contributed by atoms with E-state index in [0.717, 1.165) is 32.1 Å². The third kappa shape index (κ3) is 2.70. The number of aliphatic hydroxyl groups is 1. The van der Waals surface area contributed by atoms with Crippen molar-refractivity contribution in [3.63, 3.8) is 0 Å². The highest BCUT2D eigenvalue weighted by molar-refractivity contribution is 5.00. The molecule has 1 aliphatic rings. The highest BCUT2D eigenvalue weighted by Crippen LogP contribution is 2.28. The van der Waals surface area contributed by atoms with Gasteiger partial charge in [-0.05, 0) is 25.7 Å². The molecule has 86 valence electrons. The molecule has 2 unspecified atom stereocenters. The summed E-state index contributed by atoms with van der Waals surface area (Å²) < 4.78 is 0. The Morgan fingerprint density at radius 1 is 1.40 bits per heavy atom. The van der Waals surface area contributed by atoms with Gasteiger partial charge in [-0.3, -0.25) is 0 Å². The summed E-state index contributed by atoms with van der Waals surface area (Å²) in [6.07, 6.45) is 5.03. The zero-order valence-electron chi connectivity index (χ0n) is 9.79. The third-order valence-corrected chi connectivity index (χ3v) is 3.83. The Bertz CT molecular complexity index is 222. The van der Waals surface area contributed by atoms with Crippen LogP contribution in [0.15, 0.2) is 0 Å². The van der Waals surface area contributed by atoms with E-state index in [9.17, 15) is 5.11 Å².